The number of carbonyl (C=O) groups is 1. The summed E-state index contributed by atoms with van der Waals surface area (Å²) >= 11 is 0. The molecule has 0 N–H and O–H groups in total. The highest BCUT2D eigenvalue weighted by Crippen LogP contribution is 2.33. The summed E-state index contributed by atoms with van der Waals surface area (Å²) in [6.07, 6.45) is 5.35. The standard InChI is InChI=1S/C19H25N5O2/c1-12(2)8-16-21-22-17-9-14-5-6-15(11-23(16)17)24(14)19(25)13-4-7-18(26-3)20-10-13/h4,7,10,12,14-15H,5-6,8-9,11H2,1-3H3. The summed E-state index contributed by atoms with van der Waals surface area (Å²) in [6, 6.07) is 3.91. The molecule has 0 aliphatic carbocycles. The normalized spacial score (nSPS) is 21.6. The largest absolute Gasteiger partial charge is 0.481 e. The van der Waals surface area contributed by atoms with E-state index in [1.165, 1.54) is 0 Å². The molecular weight excluding hydrogens is 330 g/mol. The lowest BCUT2D eigenvalue weighted by Crippen LogP contribution is -2.42. The average Bonchev–Trinajstić information content (AvgIpc) is 3.13. The lowest BCUT2D eigenvalue weighted by atomic mass is 10.1. The third kappa shape index (κ3) is 2.95. The Balaban J connectivity index is 1.59. The van der Waals surface area contributed by atoms with Crippen LogP contribution in [0.15, 0.2) is 18.3 Å². The second kappa shape index (κ2) is 6.70. The van der Waals surface area contributed by atoms with E-state index in [0.717, 1.165) is 43.9 Å². The van der Waals surface area contributed by atoms with Crippen molar-refractivity contribution in [1.29, 1.82) is 0 Å². The first kappa shape index (κ1) is 17.0. The minimum atomic E-state index is 0.0526. The van der Waals surface area contributed by atoms with E-state index in [9.17, 15) is 4.79 Å². The fourth-order valence-electron chi connectivity index (χ4n) is 4.12. The zero-order valence-corrected chi connectivity index (χ0v) is 15.6. The number of ether oxygens (including phenoxy) is 1. The van der Waals surface area contributed by atoms with Crippen LogP contribution < -0.4 is 4.74 Å². The molecule has 0 spiro atoms. The van der Waals surface area contributed by atoms with Gasteiger partial charge in [-0.1, -0.05) is 13.8 Å². The third-order valence-corrected chi connectivity index (χ3v) is 5.35. The van der Waals surface area contributed by atoms with Crippen molar-refractivity contribution in [3.63, 3.8) is 0 Å². The van der Waals surface area contributed by atoms with Gasteiger partial charge in [-0.2, -0.15) is 0 Å². The van der Waals surface area contributed by atoms with Crippen molar-refractivity contribution >= 4 is 5.91 Å². The molecule has 0 saturated carbocycles. The first-order valence-corrected chi connectivity index (χ1v) is 9.30. The number of fused-ring (bicyclic) bond motifs is 3. The number of carbonyl (C=O) groups excluding carboxylic acids is 1. The molecule has 7 heteroatoms. The molecular formula is C19H25N5O2. The smallest absolute Gasteiger partial charge is 0.255 e. The lowest BCUT2D eigenvalue weighted by Gasteiger charge is -2.28. The summed E-state index contributed by atoms with van der Waals surface area (Å²) in [4.78, 5) is 19.4. The van der Waals surface area contributed by atoms with Crippen LogP contribution >= 0.6 is 0 Å². The van der Waals surface area contributed by atoms with Crippen LogP contribution in [0.5, 0.6) is 5.88 Å². The van der Waals surface area contributed by atoms with Gasteiger partial charge in [0.2, 0.25) is 5.88 Å². The molecule has 2 aromatic rings. The van der Waals surface area contributed by atoms with Gasteiger partial charge in [0, 0.05) is 37.7 Å². The van der Waals surface area contributed by atoms with E-state index in [1.54, 1.807) is 25.4 Å². The van der Waals surface area contributed by atoms with Crippen LogP contribution in [0.2, 0.25) is 0 Å². The van der Waals surface area contributed by atoms with Crippen LogP contribution in [0.1, 0.15) is 48.7 Å². The first-order valence-electron chi connectivity index (χ1n) is 9.30. The number of pyridine rings is 1. The van der Waals surface area contributed by atoms with Gasteiger partial charge in [-0.05, 0) is 24.8 Å². The van der Waals surface area contributed by atoms with Crippen molar-refractivity contribution in [2.24, 2.45) is 5.92 Å². The number of rotatable bonds is 4. The molecule has 4 heterocycles. The monoisotopic (exact) mass is 355 g/mol. The molecule has 1 amide bonds. The molecule has 1 saturated heterocycles. The fraction of sp³-hybridized carbons (Fsp3) is 0.579. The van der Waals surface area contributed by atoms with Crippen LogP contribution in [0.25, 0.3) is 0 Å². The fourth-order valence-corrected chi connectivity index (χ4v) is 4.12. The van der Waals surface area contributed by atoms with Crippen LogP contribution in [0.4, 0.5) is 0 Å². The highest BCUT2D eigenvalue weighted by Gasteiger charge is 2.41. The van der Waals surface area contributed by atoms with Gasteiger partial charge in [0.15, 0.2) is 0 Å². The van der Waals surface area contributed by atoms with Crippen LogP contribution in [-0.4, -0.2) is 49.7 Å². The minimum Gasteiger partial charge on any atom is -0.481 e. The molecule has 138 valence electrons. The molecule has 2 atom stereocenters. The summed E-state index contributed by atoms with van der Waals surface area (Å²) in [5.41, 5.74) is 0.614. The molecule has 0 radical (unpaired) electrons. The van der Waals surface area contributed by atoms with Crippen molar-refractivity contribution < 1.29 is 9.53 Å². The van der Waals surface area contributed by atoms with E-state index in [4.69, 9.17) is 4.74 Å². The SMILES string of the molecule is COc1ccc(C(=O)N2C3CCC2Cn2c(CC(C)C)nnc2C3)cn1. The summed E-state index contributed by atoms with van der Waals surface area (Å²) in [5.74, 6) is 3.16. The number of amides is 1. The maximum absolute atomic E-state index is 13.1. The predicted molar refractivity (Wildman–Crippen MR) is 96.0 cm³/mol. The summed E-state index contributed by atoms with van der Waals surface area (Å²) in [5, 5.41) is 8.83. The number of aromatic nitrogens is 4. The summed E-state index contributed by atoms with van der Waals surface area (Å²) in [6.45, 7) is 5.17. The number of hydrogen-bond donors (Lipinski definition) is 0. The van der Waals surface area contributed by atoms with E-state index in [0.29, 0.717) is 17.4 Å². The van der Waals surface area contributed by atoms with E-state index < -0.39 is 0 Å². The maximum Gasteiger partial charge on any atom is 0.255 e. The summed E-state index contributed by atoms with van der Waals surface area (Å²) in [7, 11) is 1.57. The molecule has 1 fully saturated rings. The Hall–Kier alpha value is -2.44. The van der Waals surface area contributed by atoms with Gasteiger partial charge in [0.1, 0.15) is 11.6 Å². The average molecular weight is 355 g/mol. The van der Waals surface area contributed by atoms with Gasteiger partial charge in [-0.3, -0.25) is 4.79 Å². The predicted octanol–water partition coefficient (Wildman–Crippen LogP) is 2.11. The van der Waals surface area contributed by atoms with Gasteiger partial charge < -0.3 is 14.2 Å². The molecule has 2 bridgehead atoms. The minimum absolute atomic E-state index is 0.0526. The van der Waals surface area contributed by atoms with Crippen molar-refractivity contribution in [3.8, 4) is 5.88 Å². The zero-order valence-electron chi connectivity index (χ0n) is 15.6. The van der Waals surface area contributed by atoms with E-state index in [2.05, 4.69) is 38.5 Å². The van der Waals surface area contributed by atoms with Crippen molar-refractivity contribution in [2.45, 2.75) is 58.2 Å². The Morgan fingerprint density at radius 3 is 2.77 bits per heavy atom. The quantitative estimate of drug-likeness (QED) is 0.840. The Bertz CT molecular complexity index is 799. The Morgan fingerprint density at radius 2 is 2.08 bits per heavy atom. The second-order valence-corrected chi connectivity index (χ2v) is 7.63. The highest BCUT2D eigenvalue weighted by atomic mass is 16.5. The van der Waals surface area contributed by atoms with Crippen LogP contribution in [-0.2, 0) is 19.4 Å². The van der Waals surface area contributed by atoms with Crippen LogP contribution in [0, 0.1) is 5.92 Å². The molecule has 26 heavy (non-hydrogen) atoms. The van der Waals surface area contributed by atoms with Gasteiger partial charge in [-0.25, -0.2) is 4.98 Å². The van der Waals surface area contributed by atoms with Gasteiger partial charge in [-0.15, -0.1) is 10.2 Å². The lowest BCUT2D eigenvalue weighted by molar-refractivity contribution is 0.0664. The Kier molecular flexibility index (Phi) is 4.38. The zero-order chi connectivity index (χ0) is 18.3. The van der Waals surface area contributed by atoms with Crippen molar-refractivity contribution in [3.05, 3.63) is 35.5 Å². The van der Waals surface area contributed by atoms with E-state index in [1.807, 2.05) is 0 Å². The molecule has 2 aromatic heterocycles. The molecule has 4 rings (SSSR count). The Labute approximate surface area is 153 Å². The number of methoxy groups -OCH3 is 1. The number of hydrogen-bond acceptors (Lipinski definition) is 5. The van der Waals surface area contributed by atoms with Gasteiger partial charge in [0.05, 0.1) is 18.7 Å². The second-order valence-electron chi connectivity index (χ2n) is 7.63. The highest BCUT2D eigenvalue weighted by molar-refractivity contribution is 5.94. The van der Waals surface area contributed by atoms with Gasteiger partial charge in [0.25, 0.3) is 5.91 Å². The molecule has 2 aliphatic heterocycles. The molecule has 7 nitrogen and oxygen atoms in total. The number of nitrogens with zero attached hydrogens (tertiary/aromatic N) is 5. The van der Waals surface area contributed by atoms with E-state index >= 15 is 0 Å². The molecule has 2 aliphatic rings. The summed E-state index contributed by atoms with van der Waals surface area (Å²) < 4.78 is 7.34. The van der Waals surface area contributed by atoms with Gasteiger partial charge >= 0.3 is 0 Å². The van der Waals surface area contributed by atoms with Crippen LogP contribution in [0.3, 0.4) is 0 Å². The third-order valence-electron chi connectivity index (χ3n) is 5.35. The molecule has 0 aromatic carbocycles. The topological polar surface area (TPSA) is 73.1 Å². The Morgan fingerprint density at radius 1 is 1.27 bits per heavy atom. The molecule has 2 unspecified atom stereocenters. The van der Waals surface area contributed by atoms with Crippen molar-refractivity contribution in [2.75, 3.05) is 7.11 Å². The maximum atomic E-state index is 13.1. The first-order chi connectivity index (χ1) is 12.6. The van der Waals surface area contributed by atoms with E-state index in [-0.39, 0.29) is 18.0 Å². The van der Waals surface area contributed by atoms with Crippen molar-refractivity contribution in [1.82, 2.24) is 24.6 Å².